The fourth-order valence-corrected chi connectivity index (χ4v) is 9.07. The van der Waals surface area contributed by atoms with E-state index in [1.807, 2.05) is 87.5 Å². The summed E-state index contributed by atoms with van der Waals surface area (Å²) in [6, 6.07) is 17.9. The summed E-state index contributed by atoms with van der Waals surface area (Å²) in [5.74, 6) is -4.61. The molecule has 1 saturated heterocycles. The molecule has 77 heavy (non-hydrogen) atoms. The molecule has 3 aromatic carbocycles. The van der Waals surface area contributed by atoms with Gasteiger partial charge >= 0.3 is 0 Å². The molecule has 14 N–H and O–H groups in total. The summed E-state index contributed by atoms with van der Waals surface area (Å²) in [4.78, 5) is 118. The molecule has 21 heteroatoms. The van der Waals surface area contributed by atoms with Crippen molar-refractivity contribution in [3.63, 3.8) is 0 Å². The molecule has 4 aromatic rings. The molecule has 21 nitrogen and oxygen atoms in total. The summed E-state index contributed by atoms with van der Waals surface area (Å²) < 4.78 is 5.88. The van der Waals surface area contributed by atoms with E-state index in [-0.39, 0.29) is 101 Å². The second kappa shape index (κ2) is 31.2. The fraction of sp³-hybridized carbons (Fsp3) is 0.482. The van der Waals surface area contributed by atoms with Gasteiger partial charge in [-0.1, -0.05) is 74.0 Å². The molecule has 0 radical (unpaired) electrons. The second-order valence-electron chi connectivity index (χ2n) is 19.7. The smallest absolute Gasteiger partial charge is 0.243 e. The van der Waals surface area contributed by atoms with E-state index in [1.54, 1.807) is 18.3 Å². The highest BCUT2D eigenvalue weighted by molar-refractivity contribution is 5.96. The molecular weight excluding hydrogens is 985 g/mol. The van der Waals surface area contributed by atoms with Gasteiger partial charge in [-0.2, -0.15) is 0 Å². The minimum absolute atomic E-state index is 0.0213. The lowest BCUT2D eigenvalue weighted by molar-refractivity contribution is -0.134. The molecule has 0 bridgehead atoms. The summed E-state index contributed by atoms with van der Waals surface area (Å²) in [6.45, 7) is 6.17. The maximum absolute atomic E-state index is 14.6. The molecule has 6 atom stereocenters. The maximum atomic E-state index is 14.6. The van der Waals surface area contributed by atoms with Crippen LogP contribution >= 0.6 is 0 Å². The van der Waals surface area contributed by atoms with Crippen LogP contribution in [0.4, 0.5) is 0 Å². The van der Waals surface area contributed by atoms with E-state index in [2.05, 4.69) is 47.2 Å². The highest BCUT2D eigenvalue weighted by Gasteiger charge is 2.32. The lowest BCUT2D eigenvalue weighted by atomic mass is 9.90. The van der Waals surface area contributed by atoms with Crippen molar-refractivity contribution in [1.29, 1.82) is 0 Å². The van der Waals surface area contributed by atoms with E-state index in [9.17, 15) is 38.4 Å². The molecule has 416 valence electrons. The molecule has 1 aliphatic heterocycles. The number of unbranched alkanes of at least 4 members (excludes halogenated alkanes) is 1. The van der Waals surface area contributed by atoms with Crippen molar-refractivity contribution < 1.29 is 43.1 Å². The summed E-state index contributed by atoms with van der Waals surface area (Å²) in [5, 5.41) is 20.5. The quantitative estimate of drug-likeness (QED) is 0.0440. The number of nitrogens with two attached hydrogens (primary N) is 3. The van der Waals surface area contributed by atoms with Crippen LogP contribution in [0.5, 0.6) is 5.75 Å². The number of amides is 8. The van der Waals surface area contributed by atoms with E-state index in [1.165, 1.54) is 0 Å². The molecule has 5 rings (SSSR count). The number of primary amides is 1. The van der Waals surface area contributed by atoms with Crippen molar-refractivity contribution in [1.82, 2.24) is 42.2 Å². The first kappa shape index (κ1) is 59.9. The number of aromatic amines is 1. The first-order chi connectivity index (χ1) is 37.0. The van der Waals surface area contributed by atoms with Crippen LogP contribution in [0.15, 0.2) is 90.1 Å². The minimum atomic E-state index is -1.29. The van der Waals surface area contributed by atoms with Crippen molar-refractivity contribution in [3.05, 3.63) is 102 Å². The van der Waals surface area contributed by atoms with Crippen LogP contribution in [0.1, 0.15) is 120 Å². The van der Waals surface area contributed by atoms with Crippen molar-refractivity contribution in [2.24, 2.45) is 22.2 Å². The predicted octanol–water partition coefficient (Wildman–Crippen LogP) is 2.65. The van der Waals surface area contributed by atoms with Crippen molar-refractivity contribution in [3.8, 4) is 5.75 Å². The first-order valence-electron chi connectivity index (χ1n) is 26.7. The number of hydrogen-bond donors (Lipinski definition) is 11. The van der Waals surface area contributed by atoms with E-state index < -0.39 is 71.6 Å². The van der Waals surface area contributed by atoms with Gasteiger partial charge in [-0.15, -0.1) is 0 Å². The van der Waals surface area contributed by atoms with Gasteiger partial charge in [-0.05, 0) is 106 Å². The lowest BCUT2D eigenvalue weighted by Gasteiger charge is -2.26. The van der Waals surface area contributed by atoms with Crippen LogP contribution in [-0.2, 0) is 51.2 Å². The summed E-state index contributed by atoms with van der Waals surface area (Å²) in [6.07, 6.45) is 4.48. The number of ether oxygens (including phenoxy) is 1. The number of aromatic nitrogens is 1. The number of para-hydroxylation sites is 1. The zero-order chi connectivity index (χ0) is 55.7. The number of hydrogen-bond acceptors (Lipinski definition) is 10. The Balaban J connectivity index is 1.49. The Kier molecular flexibility index (Phi) is 24.2. The molecule has 0 spiro atoms. The van der Waals surface area contributed by atoms with E-state index in [4.69, 9.17) is 21.9 Å². The predicted molar refractivity (Wildman–Crippen MR) is 294 cm³/mol. The Labute approximate surface area is 450 Å². The summed E-state index contributed by atoms with van der Waals surface area (Å²) >= 11 is 0. The van der Waals surface area contributed by atoms with Gasteiger partial charge in [0.1, 0.15) is 36.0 Å². The van der Waals surface area contributed by atoms with E-state index in [0.717, 1.165) is 28.5 Å². The van der Waals surface area contributed by atoms with Crippen LogP contribution < -0.4 is 59.2 Å². The molecule has 0 saturated carbocycles. The molecule has 1 unspecified atom stereocenters. The van der Waals surface area contributed by atoms with Gasteiger partial charge in [-0.3, -0.25) is 43.3 Å². The Morgan fingerprint density at radius 2 is 1.40 bits per heavy atom. The van der Waals surface area contributed by atoms with Crippen molar-refractivity contribution >= 4 is 64.1 Å². The van der Waals surface area contributed by atoms with Gasteiger partial charge in [0.15, 0.2) is 5.96 Å². The Hall–Kier alpha value is -7.97. The Bertz CT molecular complexity index is 2620. The number of carbonyl (C=O) groups is 8. The van der Waals surface area contributed by atoms with E-state index >= 15 is 0 Å². The maximum Gasteiger partial charge on any atom is 0.243 e. The highest BCUT2D eigenvalue weighted by Crippen LogP contribution is 2.27. The zero-order valence-corrected chi connectivity index (χ0v) is 44.5. The average molecular weight is 1060 g/mol. The average Bonchev–Trinajstić information content (AvgIpc) is 3.81. The number of nitrogens with one attached hydrogen (secondary N) is 8. The molecule has 1 fully saturated rings. The molecule has 8 amide bonds. The third-order valence-electron chi connectivity index (χ3n) is 13.2. The van der Waals surface area contributed by atoms with Crippen LogP contribution in [0, 0.1) is 0 Å². The molecular formula is C56H78N12O9. The summed E-state index contributed by atoms with van der Waals surface area (Å²) in [5.41, 5.74) is 20.1. The molecule has 0 aliphatic carbocycles. The van der Waals surface area contributed by atoms with Crippen molar-refractivity contribution in [2.45, 2.75) is 153 Å². The third-order valence-corrected chi connectivity index (χ3v) is 13.2. The number of benzene rings is 3. The summed E-state index contributed by atoms with van der Waals surface area (Å²) in [7, 11) is 0. The van der Waals surface area contributed by atoms with E-state index in [0.29, 0.717) is 37.0 Å². The molecule has 2 heterocycles. The van der Waals surface area contributed by atoms with Gasteiger partial charge in [0.05, 0.1) is 12.5 Å². The number of nitrogens with zero attached hydrogens (tertiary/aromatic N) is 1. The van der Waals surface area contributed by atoms with Crippen LogP contribution in [-0.4, -0.2) is 114 Å². The Morgan fingerprint density at radius 3 is 2.12 bits per heavy atom. The Morgan fingerprint density at radius 1 is 0.714 bits per heavy atom. The van der Waals surface area contributed by atoms with Crippen LogP contribution in [0.2, 0.25) is 0 Å². The minimum Gasteiger partial charge on any atom is -0.491 e. The second-order valence-corrected chi connectivity index (χ2v) is 19.7. The van der Waals surface area contributed by atoms with Crippen molar-refractivity contribution in [2.75, 3.05) is 19.6 Å². The number of carbonyl (C=O) groups excluding carboxylic acids is 8. The van der Waals surface area contributed by atoms with Crippen LogP contribution in [0.3, 0.4) is 0 Å². The number of H-pyrrole nitrogens is 1. The van der Waals surface area contributed by atoms with Gasteiger partial charge in [0.2, 0.25) is 47.3 Å². The van der Waals surface area contributed by atoms with Gasteiger partial charge in [0.25, 0.3) is 0 Å². The monoisotopic (exact) mass is 1060 g/mol. The molecule has 1 aromatic heterocycles. The number of guanidine groups is 1. The fourth-order valence-electron chi connectivity index (χ4n) is 9.07. The number of rotatable bonds is 16. The normalized spacial score (nSPS) is 21.2. The van der Waals surface area contributed by atoms with Gasteiger partial charge in [0, 0.05) is 62.4 Å². The van der Waals surface area contributed by atoms with Gasteiger partial charge in [-0.25, -0.2) is 0 Å². The standard InChI is InChI=1S/C56H78N12O9/c1-4-5-20-48(69)65-47-33-50(71)60-28-12-11-18-43(51(57)72)66-55(76)46(32-39-34-63-42-17-10-9-16-41(39)42)68-53(74)44(19-13-29-62-56(58)59)67-54(75)45(31-36-14-7-6-8-15-36)64-49(70)26-23-38(27-30-61-52(47)73)37-21-24-40(25-22-37)77-35(2)3/h6-10,14-17,21-22,24-25,34-35,38,43-47,63H,4-5,11-13,18-20,23,26-33H2,1-3H3,(H2,57,72)(H,60,71)(H,61,73)(H,64,70)(H,65,69)(H,66,76)(H,67,75)(H,68,74)(H4,58,59,62)/t38-,43-,44-,45+,46-,47?/m0/s1. The highest BCUT2D eigenvalue weighted by atomic mass is 16.5. The largest absolute Gasteiger partial charge is 0.491 e. The lowest BCUT2D eigenvalue weighted by Crippen LogP contribution is -2.58. The first-order valence-corrected chi connectivity index (χ1v) is 26.7. The zero-order valence-electron chi connectivity index (χ0n) is 44.5. The van der Waals surface area contributed by atoms with Gasteiger partial charge < -0.3 is 64.1 Å². The number of aliphatic imine (C=N–C) groups is 1. The number of fused-ring (bicyclic) bond motifs is 1. The topological polar surface area (TPSA) is 336 Å². The van der Waals surface area contributed by atoms with Crippen LogP contribution in [0.25, 0.3) is 10.9 Å². The molecule has 1 aliphatic rings. The third kappa shape index (κ3) is 20.6. The SMILES string of the molecule is CCCCC(=O)NC1CC(=O)NCCCC[C@@H](C(N)=O)NC(=O)[C@H](Cc2c[nH]c3ccccc23)NC(=O)[C@H](CCCN=C(N)N)NC(=O)[C@@H](Cc2ccccc2)NC(=O)CC[C@H](c2ccc(OC(C)C)cc2)CCNC1=O.